The number of hydrogen-bond donors (Lipinski definition) is 0. The average molecular weight is 304 g/mol. The lowest BCUT2D eigenvalue weighted by Crippen LogP contribution is -2.47. The number of ether oxygens (including phenoxy) is 2. The molecule has 1 aromatic carbocycles. The lowest BCUT2D eigenvalue weighted by molar-refractivity contribution is -0.178. The van der Waals surface area contributed by atoms with Gasteiger partial charge in [-0.3, -0.25) is 14.4 Å². The number of carbonyl (C=O) groups is 2. The first kappa shape index (κ1) is 13.7. The van der Waals surface area contributed by atoms with Crippen molar-refractivity contribution in [1.29, 1.82) is 0 Å². The van der Waals surface area contributed by atoms with E-state index in [1.165, 1.54) is 14.2 Å². The zero-order chi connectivity index (χ0) is 15.5. The van der Waals surface area contributed by atoms with Gasteiger partial charge in [0.25, 0.3) is 17.4 Å². The van der Waals surface area contributed by atoms with E-state index in [0.717, 1.165) is 10.6 Å². The van der Waals surface area contributed by atoms with Gasteiger partial charge < -0.3 is 14.4 Å². The highest BCUT2D eigenvalue weighted by molar-refractivity contribution is 6.14. The van der Waals surface area contributed by atoms with E-state index in [2.05, 4.69) is 0 Å². The van der Waals surface area contributed by atoms with Crippen molar-refractivity contribution < 1.29 is 23.9 Å². The van der Waals surface area contributed by atoms with Crippen LogP contribution >= 0.6 is 0 Å². The fraction of sp³-hybridized carbons (Fsp3) is 0.467. The van der Waals surface area contributed by atoms with E-state index in [9.17, 15) is 9.59 Å². The van der Waals surface area contributed by atoms with Gasteiger partial charge in [-0.15, -0.1) is 0 Å². The van der Waals surface area contributed by atoms with Gasteiger partial charge in [0, 0.05) is 12.6 Å². The molecule has 0 unspecified atom stereocenters. The van der Waals surface area contributed by atoms with Crippen molar-refractivity contribution in [3.05, 3.63) is 35.9 Å². The molecule has 7 nitrogen and oxygen atoms in total. The molecular weight excluding hydrogens is 288 g/mol. The second kappa shape index (κ2) is 4.52. The van der Waals surface area contributed by atoms with Crippen molar-refractivity contribution >= 4 is 11.8 Å². The number of benzene rings is 1. The van der Waals surface area contributed by atoms with Crippen LogP contribution in [-0.2, 0) is 23.9 Å². The number of epoxide rings is 1. The van der Waals surface area contributed by atoms with Crippen LogP contribution in [0.2, 0.25) is 0 Å². The van der Waals surface area contributed by atoms with Gasteiger partial charge in [-0.1, -0.05) is 30.3 Å². The molecule has 1 aromatic rings. The Bertz CT molecular complexity index is 636. The van der Waals surface area contributed by atoms with Crippen molar-refractivity contribution in [2.75, 3.05) is 20.8 Å². The summed E-state index contributed by atoms with van der Waals surface area (Å²) in [5.74, 6) is -0.811. The van der Waals surface area contributed by atoms with E-state index in [1.54, 1.807) is 4.90 Å². The Balaban J connectivity index is 1.65. The van der Waals surface area contributed by atoms with Gasteiger partial charge in [-0.05, 0) is 0 Å². The highest BCUT2D eigenvalue weighted by Gasteiger charge is 2.81. The van der Waals surface area contributed by atoms with Crippen LogP contribution in [-0.4, -0.2) is 60.3 Å². The summed E-state index contributed by atoms with van der Waals surface area (Å²) in [4.78, 5) is 31.8. The number of carbonyl (C=O) groups excluding carboxylic acids is 2. The number of fused-ring (bicyclic) bond motifs is 3. The highest BCUT2D eigenvalue weighted by Crippen LogP contribution is 2.54. The van der Waals surface area contributed by atoms with E-state index in [4.69, 9.17) is 14.3 Å². The summed E-state index contributed by atoms with van der Waals surface area (Å²) in [6.07, 6.45) is -0.925. The second-order valence-corrected chi connectivity index (χ2v) is 5.64. The van der Waals surface area contributed by atoms with Gasteiger partial charge in [-0.2, -0.15) is 0 Å². The molecule has 4 atom stereocenters. The standard InChI is InChI=1S/C15H16N2O5/c1-16(20-2)13(18)15-11(22-15)10-8-21-12(17(10)14(15)19)9-6-4-3-5-7-9/h3-7,10-12H,8H2,1-2H3/t10-,11-,12-,15-/m1/s1. The predicted molar refractivity (Wildman–Crippen MR) is 73.2 cm³/mol. The number of morpholine rings is 1. The Hall–Kier alpha value is -1.96. The Labute approximate surface area is 127 Å². The minimum atomic E-state index is -1.42. The third-order valence-corrected chi connectivity index (χ3v) is 4.56. The van der Waals surface area contributed by atoms with Crippen molar-refractivity contribution in [1.82, 2.24) is 9.96 Å². The zero-order valence-corrected chi connectivity index (χ0v) is 12.3. The number of nitrogens with zero attached hydrogens (tertiary/aromatic N) is 2. The van der Waals surface area contributed by atoms with Gasteiger partial charge in [0.05, 0.1) is 19.8 Å². The van der Waals surface area contributed by atoms with Crippen LogP contribution in [0.25, 0.3) is 0 Å². The topological polar surface area (TPSA) is 71.6 Å². The van der Waals surface area contributed by atoms with Crippen LogP contribution in [0.4, 0.5) is 0 Å². The molecule has 0 saturated carbocycles. The largest absolute Gasteiger partial charge is 0.352 e. The Morgan fingerprint density at radius 2 is 2.14 bits per heavy atom. The molecule has 3 aliphatic rings. The molecule has 116 valence electrons. The number of amides is 2. The van der Waals surface area contributed by atoms with Gasteiger partial charge in [-0.25, -0.2) is 5.06 Å². The average Bonchev–Trinajstić information content (AvgIpc) is 3.07. The molecule has 2 amide bonds. The first-order valence-electron chi connectivity index (χ1n) is 7.10. The lowest BCUT2D eigenvalue weighted by Gasteiger charge is -2.26. The molecule has 7 heteroatoms. The summed E-state index contributed by atoms with van der Waals surface area (Å²) in [7, 11) is 2.85. The van der Waals surface area contributed by atoms with E-state index in [0.29, 0.717) is 6.61 Å². The molecule has 4 rings (SSSR count). The van der Waals surface area contributed by atoms with Crippen LogP contribution in [0, 0.1) is 0 Å². The first-order chi connectivity index (χ1) is 10.6. The molecule has 3 fully saturated rings. The summed E-state index contributed by atoms with van der Waals surface area (Å²) in [5.41, 5.74) is -0.533. The minimum absolute atomic E-state index is 0.230. The van der Waals surface area contributed by atoms with Crippen molar-refractivity contribution in [2.24, 2.45) is 0 Å². The maximum absolute atomic E-state index is 12.8. The van der Waals surface area contributed by atoms with Gasteiger partial charge >= 0.3 is 0 Å². The molecule has 0 bridgehead atoms. The number of likely N-dealkylation sites (N-methyl/N-ethyl adjacent to an activating group) is 1. The van der Waals surface area contributed by atoms with Gasteiger partial charge in [0.1, 0.15) is 6.10 Å². The fourth-order valence-corrected chi connectivity index (χ4v) is 3.35. The summed E-state index contributed by atoms with van der Waals surface area (Å²) in [6, 6.07) is 9.27. The molecule has 0 spiro atoms. The summed E-state index contributed by atoms with van der Waals surface area (Å²) in [5, 5.41) is 1.04. The number of rotatable bonds is 3. The van der Waals surface area contributed by atoms with Crippen LogP contribution in [0.3, 0.4) is 0 Å². The predicted octanol–water partition coefficient (Wildman–Crippen LogP) is 0.0836. The van der Waals surface area contributed by atoms with Crippen molar-refractivity contribution in [3.8, 4) is 0 Å². The smallest absolute Gasteiger partial charge is 0.290 e. The third-order valence-electron chi connectivity index (χ3n) is 4.56. The Kier molecular flexibility index (Phi) is 2.81. The van der Waals surface area contributed by atoms with Crippen LogP contribution in [0.5, 0.6) is 0 Å². The molecule has 3 heterocycles. The summed E-state index contributed by atoms with van der Waals surface area (Å²) >= 11 is 0. The quantitative estimate of drug-likeness (QED) is 0.449. The normalized spacial score (nSPS) is 35.3. The molecule has 0 aliphatic carbocycles. The lowest BCUT2D eigenvalue weighted by atomic mass is 10.0. The molecule has 3 aliphatic heterocycles. The van der Waals surface area contributed by atoms with E-state index in [1.807, 2.05) is 30.3 Å². The molecule has 0 radical (unpaired) electrons. The monoisotopic (exact) mass is 304 g/mol. The highest BCUT2D eigenvalue weighted by atomic mass is 16.7. The minimum Gasteiger partial charge on any atom is -0.352 e. The van der Waals surface area contributed by atoms with Crippen molar-refractivity contribution in [3.63, 3.8) is 0 Å². The maximum Gasteiger partial charge on any atom is 0.290 e. The van der Waals surface area contributed by atoms with E-state index in [-0.39, 0.29) is 11.9 Å². The molecule has 3 saturated heterocycles. The molecular formula is C15H16N2O5. The van der Waals surface area contributed by atoms with Crippen LogP contribution < -0.4 is 0 Å². The maximum atomic E-state index is 12.8. The van der Waals surface area contributed by atoms with Gasteiger partial charge in [0.15, 0.2) is 6.23 Å². The number of hydroxylamine groups is 2. The Morgan fingerprint density at radius 1 is 1.41 bits per heavy atom. The number of hydrogen-bond acceptors (Lipinski definition) is 5. The Morgan fingerprint density at radius 3 is 2.82 bits per heavy atom. The summed E-state index contributed by atoms with van der Waals surface area (Å²) in [6.45, 7) is 0.363. The van der Waals surface area contributed by atoms with Gasteiger partial charge in [0.2, 0.25) is 0 Å². The first-order valence-corrected chi connectivity index (χ1v) is 7.10. The van der Waals surface area contributed by atoms with E-state index < -0.39 is 23.8 Å². The summed E-state index contributed by atoms with van der Waals surface area (Å²) < 4.78 is 11.2. The van der Waals surface area contributed by atoms with Crippen LogP contribution in [0.1, 0.15) is 11.8 Å². The second-order valence-electron chi connectivity index (χ2n) is 5.64. The molecule has 0 aromatic heterocycles. The van der Waals surface area contributed by atoms with Crippen LogP contribution in [0.15, 0.2) is 30.3 Å². The SMILES string of the molecule is CON(C)C(=O)[C@]12O[C@@H]1[C@H]1CO[C@H](c3ccccc3)N1C2=O. The fourth-order valence-electron chi connectivity index (χ4n) is 3.35. The van der Waals surface area contributed by atoms with Crippen molar-refractivity contribution in [2.45, 2.75) is 24.0 Å². The third kappa shape index (κ3) is 1.55. The molecule has 22 heavy (non-hydrogen) atoms. The van der Waals surface area contributed by atoms with E-state index >= 15 is 0 Å². The zero-order valence-electron chi connectivity index (χ0n) is 12.3. The molecule has 0 N–H and O–H groups in total.